The van der Waals surface area contributed by atoms with Gasteiger partial charge in [-0.1, -0.05) is 20.1 Å². The summed E-state index contributed by atoms with van der Waals surface area (Å²) < 4.78 is 10.6. The fraction of sp³-hybridized carbons (Fsp3) is 0.600. The SMILES string of the molecule is C=C(C)OC(CCC)OC(=C)C. The highest BCUT2D eigenvalue weighted by atomic mass is 16.7. The molecule has 0 bridgehead atoms. The van der Waals surface area contributed by atoms with Crippen molar-refractivity contribution in [3.8, 4) is 0 Å². The van der Waals surface area contributed by atoms with Crippen LogP contribution in [0.3, 0.4) is 0 Å². The standard InChI is InChI=1S/C10H18O2/c1-6-7-10(11-8(2)3)12-9(4)5/h10H,2,4,6-7H2,1,3,5H3. The van der Waals surface area contributed by atoms with Crippen molar-refractivity contribution in [2.45, 2.75) is 39.9 Å². The summed E-state index contributed by atoms with van der Waals surface area (Å²) in [5.41, 5.74) is 0. The van der Waals surface area contributed by atoms with E-state index in [0.717, 1.165) is 12.8 Å². The van der Waals surface area contributed by atoms with Crippen LogP contribution in [0.15, 0.2) is 24.7 Å². The third-order valence-corrected chi connectivity index (χ3v) is 1.19. The number of hydrogen-bond donors (Lipinski definition) is 0. The van der Waals surface area contributed by atoms with E-state index in [1.54, 1.807) is 0 Å². The minimum Gasteiger partial charge on any atom is -0.460 e. The van der Waals surface area contributed by atoms with Gasteiger partial charge in [0.05, 0.1) is 11.5 Å². The van der Waals surface area contributed by atoms with E-state index in [2.05, 4.69) is 20.1 Å². The van der Waals surface area contributed by atoms with Crippen LogP contribution >= 0.6 is 0 Å². The fourth-order valence-electron chi connectivity index (χ4n) is 0.826. The lowest BCUT2D eigenvalue weighted by Gasteiger charge is -2.19. The van der Waals surface area contributed by atoms with Crippen molar-refractivity contribution in [3.63, 3.8) is 0 Å². The molecule has 0 N–H and O–H groups in total. The fourth-order valence-corrected chi connectivity index (χ4v) is 0.826. The molecule has 0 aliphatic carbocycles. The van der Waals surface area contributed by atoms with Crippen molar-refractivity contribution in [1.29, 1.82) is 0 Å². The van der Waals surface area contributed by atoms with Crippen LogP contribution in [-0.4, -0.2) is 6.29 Å². The first kappa shape index (κ1) is 11.1. The van der Waals surface area contributed by atoms with Crippen LogP contribution in [-0.2, 0) is 9.47 Å². The zero-order valence-corrected chi connectivity index (χ0v) is 8.22. The summed E-state index contributed by atoms with van der Waals surface area (Å²) in [7, 11) is 0. The van der Waals surface area contributed by atoms with Gasteiger partial charge in [-0.25, -0.2) is 0 Å². The van der Waals surface area contributed by atoms with E-state index in [0.29, 0.717) is 11.5 Å². The Hall–Kier alpha value is -0.920. The highest BCUT2D eigenvalue weighted by Gasteiger charge is 2.08. The lowest BCUT2D eigenvalue weighted by Crippen LogP contribution is -2.14. The Bertz CT molecular complexity index is 145. The lowest BCUT2D eigenvalue weighted by molar-refractivity contribution is -0.0885. The molecule has 2 heteroatoms. The molecule has 0 atom stereocenters. The van der Waals surface area contributed by atoms with E-state index in [1.807, 2.05) is 13.8 Å². The van der Waals surface area contributed by atoms with Crippen molar-refractivity contribution in [1.82, 2.24) is 0 Å². The number of hydrogen-bond acceptors (Lipinski definition) is 2. The molecule has 0 saturated heterocycles. The molecule has 0 fully saturated rings. The third kappa shape index (κ3) is 5.83. The number of ether oxygens (including phenoxy) is 2. The van der Waals surface area contributed by atoms with Crippen molar-refractivity contribution >= 4 is 0 Å². The van der Waals surface area contributed by atoms with Gasteiger partial charge in [0.1, 0.15) is 0 Å². The largest absolute Gasteiger partial charge is 0.460 e. The first-order valence-corrected chi connectivity index (χ1v) is 4.20. The molecule has 0 heterocycles. The van der Waals surface area contributed by atoms with Crippen molar-refractivity contribution in [2.75, 3.05) is 0 Å². The van der Waals surface area contributed by atoms with Gasteiger partial charge in [-0.3, -0.25) is 0 Å². The van der Waals surface area contributed by atoms with E-state index < -0.39 is 0 Å². The van der Waals surface area contributed by atoms with Crippen LogP contribution in [0.1, 0.15) is 33.6 Å². The zero-order chi connectivity index (χ0) is 9.56. The molecule has 0 unspecified atom stereocenters. The molecule has 2 nitrogen and oxygen atoms in total. The van der Waals surface area contributed by atoms with E-state index in [1.165, 1.54) is 0 Å². The molecule has 0 aliphatic rings. The van der Waals surface area contributed by atoms with Crippen LogP contribution < -0.4 is 0 Å². The molecule has 0 radical (unpaired) electrons. The molecule has 12 heavy (non-hydrogen) atoms. The van der Waals surface area contributed by atoms with Crippen molar-refractivity contribution in [3.05, 3.63) is 24.7 Å². The molecular weight excluding hydrogens is 152 g/mol. The summed E-state index contributed by atoms with van der Waals surface area (Å²) in [6.45, 7) is 13.0. The highest BCUT2D eigenvalue weighted by molar-refractivity contribution is 4.78. The minimum absolute atomic E-state index is 0.218. The molecule has 0 aromatic carbocycles. The summed E-state index contributed by atoms with van der Waals surface area (Å²) in [6.07, 6.45) is 1.66. The first-order chi connectivity index (χ1) is 5.56. The molecule has 0 aliphatic heterocycles. The molecule has 0 rings (SSSR count). The molecule has 0 amide bonds. The molecule has 0 aromatic heterocycles. The van der Waals surface area contributed by atoms with E-state index >= 15 is 0 Å². The smallest absolute Gasteiger partial charge is 0.240 e. The normalized spacial score (nSPS) is 9.67. The second-order valence-corrected chi connectivity index (χ2v) is 2.86. The predicted molar refractivity (Wildman–Crippen MR) is 50.5 cm³/mol. The second-order valence-electron chi connectivity index (χ2n) is 2.86. The maximum Gasteiger partial charge on any atom is 0.240 e. The minimum atomic E-state index is -0.218. The Balaban J connectivity index is 3.85. The first-order valence-electron chi connectivity index (χ1n) is 4.20. The van der Waals surface area contributed by atoms with Crippen LogP contribution in [0.4, 0.5) is 0 Å². The van der Waals surface area contributed by atoms with E-state index in [-0.39, 0.29) is 6.29 Å². The monoisotopic (exact) mass is 170 g/mol. The van der Waals surface area contributed by atoms with Gasteiger partial charge < -0.3 is 9.47 Å². The van der Waals surface area contributed by atoms with Gasteiger partial charge in [-0.15, -0.1) is 0 Å². The summed E-state index contributed by atoms with van der Waals surface area (Å²) in [5.74, 6) is 1.35. The third-order valence-electron chi connectivity index (χ3n) is 1.19. The maximum atomic E-state index is 5.32. The summed E-state index contributed by atoms with van der Waals surface area (Å²) >= 11 is 0. The van der Waals surface area contributed by atoms with Crippen LogP contribution in [0.25, 0.3) is 0 Å². The molecular formula is C10H18O2. The Kier molecular flexibility index (Phi) is 5.26. The number of rotatable bonds is 6. The van der Waals surface area contributed by atoms with E-state index in [9.17, 15) is 0 Å². The van der Waals surface area contributed by atoms with Gasteiger partial charge in [0.25, 0.3) is 0 Å². The quantitative estimate of drug-likeness (QED) is 0.450. The average molecular weight is 170 g/mol. The van der Waals surface area contributed by atoms with E-state index in [4.69, 9.17) is 9.47 Å². The average Bonchev–Trinajstić information content (AvgIpc) is 1.84. The Morgan fingerprint density at radius 3 is 1.83 bits per heavy atom. The Morgan fingerprint density at radius 1 is 1.17 bits per heavy atom. The predicted octanol–water partition coefficient (Wildman–Crippen LogP) is 3.21. The molecule has 0 spiro atoms. The lowest BCUT2D eigenvalue weighted by atomic mass is 10.3. The summed E-state index contributed by atoms with van der Waals surface area (Å²) in [6, 6.07) is 0. The number of allylic oxidation sites excluding steroid dienone is 2. The van der Waals surface area contributed by atoms with Crippen molar-refractivity contribution < 1.29 is 9.47 Å². The topological polar surface area (TPSA) is 18.5 Å². The second kappa shape index (κ2) is 5.70. The molecule has 70 valence electrons. The molecule has 0 aromatic rings. The summed E-state index contributed by atoms with van der Waals surface area (Å²) in [4.78, 5) is 0. The maximum absolute atomic E-state index is 5.32. The Labute approximate surface area is 74.9 Å². The van der Waals surface area contributed by atoms with Gasteiger partial charge in [0, 0.05) is 6.42 Å². The van der Waals surface area contributed by atoms with Crippen LogP contribution in [0.2, 0.25) is 0 Å². The van der Waals surface area contributed by atoms with Gasteiger partial charge in [-0.2, -0.15) is 0 Å². The zero-order valence-electron chi connectivity index (χ0n) is 8.22. The van der Waals surface area contributed by atoms with Crippen molar-refractivity contribution in [2.24, 2.45) is 0 Å². The highest BCUT2D eigenvalue weighted by Crippen LogP contribution is 2.11. The van der Waals surface area contributed by atoms with Gasteiger partial charge in [0.2, 0.25) is 6.29 Å². The Morgan fingerprint density at radius 2 is 1.58 bits per heavy atom. The van der Waals surface area contributed by atoms with Gasteiger partial charge in [-0.05, 0) is 20.3 Å². The van der Waals surface area contributed by atoms with Gasteiger partial charge in [0.15, 0.2) is 0 Å². The van der Waals surface area contributed by atoms with Crippen LogP contribution in [0, 0.1) is 0 Å². The van der Waals surface area contributed by atoms with Crippen LogP contribution in [0.5, 0.6) is 0 Å². The van der Waals surface area contributed by atoms with Gasteiger partial charge >= 0.3 is 0 Å². The molecule has 0 saturated carbocycles. The summed E-state index contributed by atoms with van der Waals surface area (Å²) in [5, 5.41) is 0.